The zero-order chi connectivity index (χ0) is 20.4. The zero-order valence-electron chi connectivity index (χ0n) is 17.9. The van der Waals surface area contributed by atoms with Crippen molar-refractivity contribution in [2.45, 2.75) is 46.7 Å². The van der Waals surface area contributed by atoms with Crippen LogP contribution in [0.15, 0.2) is 28.6 Å². The van der Waals surface area contributed by atoms with Crippen LogP contribution >= 0.6 is 35.3 Å². The Morgan fingerprint density at radius 1 is 1.24 bits per heavy atom. The van der Waals surface area contributed by atoms with Gasteiger partial charge in [-0.3, -0.25) is 0 Å². The number of methoxy groups -OCH3 is 1. The molecule has 0 amide bonds. The molecule has 8 heteroatoms. The molecule has 2 N–H and O–H groups in total. The summed E-state index contributed by atoms with van der Waals surface area (Å²) in [5.74, 6) is 2.08. The second-order valence-corrected chi connectivity index (χ2v) is 7.72. The number of hydrogen-bond donors (Lipinski definition) is 2. The van der Waals surface area contributed by atoms with Gasteiger partial charge in [-0.15, -0.1) is 35.3 Å². The highest BCUT2D eigenvalue weighted by Gasteiger charge is 2.08. The molecule has 0 bridgehead atoms. The molecule has 2 rings (SSSR count). The molecule has 0 saturated carbocycles. The number of aromatic nitrogens is 1. The molecule has 2 aromatic rings. The Balaban J connectivity index is 0.00000420. The van der Waals surface area contributed by atoms with Crippen molar-refractivity contribution in [2.75, 3.05) is 26.9 Å². The first kappa shape index (κ1) is 25.6. The monoisotopic (exact) mass is 532 g/mol. The third kappa shape index (κ3) is 8.88. The Hall–Kier alpha value is -1.39. The summed E-state index contributed by atoms with van der Waals surface area (Å²) in [7, 11) is 1.67. The van der Waals surface area contributed by atoms with Crippen LogP contribution in [-0.2, 0) is 17.8 Å². The molecule has 6 nitrogen and oxygen atoms in total. The fraction of sp³-hybridized carbons (Fsp3) is 0.524. The fourth-order valence-corrected chi connectivity index (χ4v) is 3.35. The van der Waals surface area contributed by atoms with E-state index in [4.69, 9.17) is 14.5 Å². The van der Waals surface area contributed by atoms with Crippen molar-refractivity contribution in [3.05, 3.63) is 45.4 Å². The maximum atomic E-state index is 5.86. The summed E-state index contributed by atoms with van der Waals surface area (Å²) < 4.78 is 10.9. The van der Waals surface area contributed by atoms with E-state index in [1.807, 2.05) is 6.07 Å². The number of aliphatic imine (C=N–C) groups is 1. The van der Waals surface area contributed by atoms with Gasteiger partial charge in [0.1, 0.15) is 12.4 Å². The van der Waals surface area contributed by atoms with Gasteiger partial charge >= 0.3 is 0 Å². The highest BCUT2D eigenvalue weighted by Crippen LogP contribution is 2.21. The van der Waals surface area contributed by atoms with Crippen LogP contribution in [0.3, 0.4) is 0 Å². The van der Waals surface area contributed by atoms with Gasteiger partial charge in [-0.05, 0) is 25.5 Å². The van der Waals surface area contributed by atoms with Gasteiger partial charge in [0.05, 0.1) is 30.4 Å². The summed E-state index contributed by atoms with van der Waals surface area (Å²) in [6.07, 6.45) is 0. The van der Waals surface area contributed by atoms with E-state index in [1.54, 1.807) is 18.4 Å². The molecule has 29 heavy (non-hydrogen) atoms. The minimum Gasteiger partial charge on any atom is -0.491 e. The molecule has 1 aromatic carbocycles. The lowest BCUT2D eigenvalue weighted by atomic mass is 10.1. The molecule has 0 spiro atoms. The van der Waals surface area contributed by atoms with Gasteiger partial charge in [-0.2, -0.15) is 0 Å². The van der Waals surface area contributed by atoms with E-state index in [9.17, 15) is 0 Å². The van der Waals surface area contributed by atoms with E-state index in [-0.39, 0.29) is 24.0 Å². The molecular formula is C21H33IN4O2S. The van der Waals surface area contributed by atoms with E-state index in [0.29, 0.717) is 32.2 Å². The fourth-order valence-electron chi connectivity index (χ4n) is 2.51. The number of halogens is 1. The molecule has 0 aliphatic rings. The van der Waals surface area contributed by atoms with Gasteiger partial charge in [0.15, 0.2) is 5.96 Å². The number of guanidine groups is 1. The normalized spacial score (nSPS) is 11.3. The molecule has 1 aromatic heterocycles. The Labute approximate surface area is 195 Å². The van der Waals surface area contributed by atoms with Crippen molar-refractivity contribution in [1.29, 1.82) is 0 Å². The highest BCUT2D eigenvalue weighted by molar-refractivity contribution is 14.0. The maximum absolute atomic E-state index is 5.86. The molecule has 0 atom stereocenters. The first-order valence-corrected chi connectivity index (χ1v) is 10.6. The Morgan fingerprint density at radius 2 is 2.03 bits per heavy atom. The number of thiazole rings is 1. The number of nitrogens with one attached hydrogen (secondary N) is 2. The quantitative estimate of drug-likeness (QED) is 0.205. The van der Waals surface area contributed by atoms with Crippen LogP contribution in [0.4, 0.5) is 0 Å². The predicted octanol–water partition coefficient (Wildman–Crippen LogP) is 4.47. The molecule has 0 unspecified atom stereocenters. The molecule has 162 valence electrons. The highest BCUT2D eigenvalue weighted by atomic mass is 127. The summed E-state index contributed by atoms with van der Waals surface area (Å²) in [6, 6.07) is 6.20. The molecule has 1 heterocycles. The first-order chi connectivity index (χ1) is 13.5. The van der Waals surface area contributed by atoms with Crippen LogP contribution in [0.1, 0.15) is 48.5 Å². The Morgan fingerprint density at radius 3 is 2.69 bits per heavy atom. The van der Waals surface area contributed by atoms with E-state index in [2.05, 4.69) is 60.8 Å². The van der Waals surface area contributed by atoms with Crippen LogP contribution < -0.4 is 15.4 Å². The SMILES string of the molecule is CCNC(=NCc1ccc(C)cc1OCCOC)NCc1csc(C(C)C)n1.I. The molecule has 0 radical (unpaired) electrons. The van der Waals surface area contributed by atoms with Crippen LogP contribution in [0.25, 0.3) is 0 Å². The number of nitrogens with zero attached hydrogens (tertiary/aromatic N) is 2. The maximum Gasteiger partial charge on any atom is 0.191 e. The number of benzene rings is 1. The van der Waals surface area contributed by atoms with Crippen molar-refractivity contribution in [1.82, 2.24) is 15.6 Å². The van der Waals surface area contributed by atoms with Gasteiger partial charge in [-0.25, -0.2) is 9.98 Å². The van der Waals surface area contributed by atoms with Gasteiger partial charge in [0, 0.05) is 30.5 Å². The Bertz CT molecular complexity index is 765. The van der Waals surface area contributed by atoms with Crippen LogP contribution in [0.5, 0.6) is 5.75 Å². The van der Waals surface area contributed by atoms with Gasteiger partial charge in [-0.1, -0.05) is 26.0 Å². The number of hydrogen-bond acceptors (Lipinski definition) is 5. The second kappa shape index (κ2) is 13.8. The lowest BCUT2D eigenvalue weighted by Gasteiger charge is -2.13. The first-order valence-electron chi connectivity index (χ1n) is 9.71. The van der Waals surface area contributed by atoms with Crippen LogP contribution in [0.2, 0.25) is 0 Å². The summed E-state index contributed by atoms with van der Waals surface area (Å²) in [6.45, 7) is 11.5. The smallest absolute Gasteiger partial charge is 0.191 e. The minimum absolute atomic E-state index is 0. The second-order valence-electron chi connectivity index (χ2n) is 6.83. The number of ether oxygens (including phenoxy) is 2. The van der Waals surface area contributed by atoms with Crippen molar-refractivity contribution in [3.8, 4) is 5.75 Å². The van der Waals surface area contributed by atoms with Crippen molar-refractivity contribution >= 4 is 41.3 Å². The van der Waals surface area contributed by atoms with Crippen molar-refractivity contribution < 1.29 is 9.47 Å². The zero-order valence-corrected chi connectivity index (χ0v) is 21.1. The summed E-state index contributed by atoms with van der Waals surface area (Å²) in [4.78, 5) is 9.39. The Kier molecular flexibility index (Phi) is 12.2. The predicted molar refractivity (Wildman–Crippen MR) is 132 cm³/mol. The van der Waals surface area contributed by atoms with Crippen molar-refractivity contribution in [3.63, 3.8) is 0 Å². The van der Waals surface area contributed by atoms with Gasteiger partial charge < -0.3 is 20.1 Å². The molecule has 0 aliphatic heterocycles. The standard InChI is InChI=1S/C21H32N4O2S.HI/c1-6-22-21(24-13-18-14-28-20(25-18)15(2)3)23-12-17-8-7-16(4)11-19(17)27-10-9-26-5;/h7-8,11,14-15H,6,9-10,12-13H2,1-5H3,(H2,22,23,24);1H. The minimum atomic E-state index is 0. The third-order valence-electron chi connectivity index (χ3n) is 4.02. The largest absolute Gasteiger partial charge is 0.491 e. The van der Waals surface area contributed by atoms with E-state index < -0.39 is 0 Å². The summed E-state index contributed by atoms with van der Waals surface area (Å²) in [5, 5.41) is 9.92. The summed E-state index contributed by atoms with van der Waals surface area (Å²) >= 11 is 1.71. The van der Waals surface area contributed by atoms with Gasteiger partial charge in [0.2, 0.25) is 0 Å². The molecule has 0 saturated heterocycles. The summed E-state index contributed by atoms with van der Waals surface area (Å²) in [5.41, 5.74) is 3.25. The lowest BCUT2D eigenvalue weighted by Crippen LogP contribution is -2.36. The van der Waals surface area contributed by atoms with Crippen molar-refractivity contribution in [2.24, 2.45) is 4.99 Å². The third-order valence-corrected chi connectivity index (χ3v) is 5.21. The van der Waals surface area contributed by atoms with E-state index in [1.165, 1.54) is 0 Å². The number of aryl methyl sites for hydroxylation is 1. The van der Waals surface area contributed by atoms with Gasteiger partial charge in [0.25, 0.3) is 0 Å². The average Bonchev–Trinajstić information content (AvgIpc) is 3.15. The van der Waals surface area contributed by atoms with E-state index in [0.717, 1.165) is 40.1 Å². The topological polar surface area (TPSA) is 67.8 Å². The lowest BCUT2D eigenvalue weighted by molar-refractivity contribution is 0.145. The molecular weight excluding hydrogens is 499 g/mol. The van der Waals surface area contributed by atoms with E-state index >= 15 is 0 Å². The van der Waals surface area contributed by atoms with Crippen LogP contribution in [0, 0.1) is 6.92 Å². The average molecular weight is 532 g/mol. The molecule has 0 fully saturated rings. The number of rotatable bonds is 10. The molecule has 0 aliphatic carbocycles. The van der Waals surface area contributed by atoms with Crippen LogP contribution in [-0.4, -0.2) is 37.8 Å².